The van der Waals surface area contributed by atoms with Crippen LogP contribution in [0.2, 0.25) is 5.15 Å². The van der Waals surface area contributed by atoms with Crippen molar-refractivity contribution >= 4 is 29.1 Å². The highest BCUT2D eigenvalue weighted by atomic mass is 35.5. The van der Waals surface area contributed by atoms with Gasteiger partial charge in [0.25, 0.3) is 11.8 Å². The number of nitrogens with one attached hydrogen (secondary N) is 2. The molecule has 1 heterocycles. The molecule has 0 fully saturated rings. The first kappa shape index (κ1) is 19.8. The lowest BCUT2D eigenvalue weighted by atomic mass is 9.99. The molecule has 0 saturated heterocycles. The summed E-state index contributed by atoms with van der Waals surface area (Å²) in [6.07, 6.45) is 2.33. The number of pyridine rings is 1. The van der Waals surface area contributed by atoms with Crippen LogP contribution < -0.4 is 10.6 Å². The second-order valence-corrected chi connectivity index (χ2v) is 6.19. The normalized spacial score (nSPS) is 10.5. The zero-order chi connectivity index (χ0) is 19.1. The molecule has 0 unspecified atom stereocenters. The summed E-state index contributed by atoms with van der Waals surface area (Å²) in [7, 11) is 0. The van der Waals surface area contributed by atoms with Crippen molar-refractivity contribution in [3.63, 3.8) is 0 Å². The number of halogens is 2. The third-order valence-electron chi connectivity index (χ3n) is 3.91. The van der Waals surface area contributed by atoms with Crippen LogP contribution >= 0.6 is 11.6 Å². The van der Waals surface area contributed by atoms with Crippen LogP contribution in [0.1, 0.15) is 45.2 Å². The number of anilines is 1. The van der Waals surface area contributed by atoms with E-state index in [1.165, 1.54) is 12.3 Å². The highest BCUT2D eigenvalue weighted by molar-refractivity contribution is 6.29. The first-order valence-electron chi connectivity index (χ1n) is 8.36. The van der Waals surface area contributed by atoms with Crippen LogP contribution in [-0.4, -0.2) is 30.0 Å². The van der Waals surface area contributed by atoms with Crippen LogP contribution in [0.5, 0.6) is 0 Å². The lowest BCUT2D eigenvalue weighted by Crippen LogP contribution is -2.26. The van der Waals surface area contributed by atoms with Crippen LogP contribution in [0, 0.1) is 6.92 Å². The SMILES string of the molecule is CCc1cc(C)c(NC(=O)c2ccc(Cl)nc2)cc1C(=O)NCCCF. The van der Waals surface area contributed by atoms with Gasteiger partial charge in [0, 0.05) is 24.0 Å². The minimum atomic E-state index is -0.481. The maximum absolute atomic E-state index is 12.4. The van der Waals surface area contributed by atoms with E-state index in [1.807, 2.05) is 19.9 Å². The van der Waals surface area contributed by atoms with Gasteiger partial charge in [0.15, 0.2) is 0 Å². The van der Waals surface area contributed by atoms with Crippen molar-refractivity contribution in [1.29, 1.82) is 0 Å². The average Bonchev–Trinajstić information content (AvgIpc) is 2.63. The van der Waals surface area contributed by atoms with Gasteiger partial charge in [0.1, 0.15) is 5.15 Å². The quantitative estimate of drug-likeness (QED) is 0.567. The number of rotatable bonds is 7. The molecule has 7 heteroatoms. The second-order valence-electron chi connectivity index (χ2n) is 5.80. The fourth-order valence-corrected chi connectivity index (χ4v) is 2.59. The minimum Gasteiger partial charge on any atom is -0.352 e. The largest absolute Gasteiger partial charge is 0.352 e. The Morgan fingerprint density at radius 2 is 2.00 bits per heavy atom. The fourth-order valence-electron chi connectivity index (χ4n) is 2.47. The molecule has 0 spiro atoms. The van der Waals surface area contributed by atoms with Gasteiger partial charge in [-0.25, -0.2) is 4.98 Å². The van der Waals surface area contributed by atoms with Gasteiger partial charge in [0.2, 0.25) is 0 Å². The van der Waals surface area contributed by atoms with Crippen molar-refractivity contribution in [1.82, 2.24) is 10.3 Å². The molecule has 0 bridgehead atoms. The number of benzene rings is 1. The topological polar surface area (TPSA) is 71.1 Å². The third kappa shape index (κ3) is 5.02. The van der Waals surface area contributed by atoms with E-state index in [0.29, 0.717) is 28.4 Å². The van der Waals surface area contributed by atoms with E-state index >= 15 is 0 Å². The highest BCUT2D eigenvalue weighted by Crippen LogP contribution is 2.23. The van der Waals surface area contributed by atoms with E-state index in [9.17, 15) is 14.0 Å². The lowest BCUT2D eigenvalue weighted by Gasteiger charge is -2.14. The number of hydrogen-bond acceptors (Lipinski definition) is 3. The standard InChI is InChI=1S/C19H21ClFN3O2/c1-3-13-9-12(2)16(10-15(13)19(26)22-8-4-7-21)24-18(25)14-5-6-17(20)23-11-14/h5-6,9-11H,3-4,7-8H2,1-2H3,(H,22,26)(H,24,25). The maximum Gasteiger partial charge on any atom is 0.257 e. The Balaban J connectivity index is 2.25. The zero-order valence-corrected chi connectivity index (χ0v) is 15.5. The van der Waals surface area contributed by atoms with Gasteiger partial charge in [-0.2, -0.15) is 0 Å². The van der Waals surface area contributed by atoms with Crippen LogP contribution in [0.15, 0.2) is 30.5 Å². The first-order chi connectivity index (χ1) is 12.5. The Morgan fingerprint density at radius 3 is 2.62 bits per heavy atom. The summed E-state index contributed by atoms with van der Waals surface area (Å²) in [4.78, 5) is 28.7. The van der Waals surface area contributed by atoms with Crippen LogP contribution in [-0.2, 0) is 6.42 Å². The van der Waals surface area contributed by atoms with Crippen molar-refractivity contribution in [3.8, 4) is 0 Å². The maximum atomic E-state index is 12.4. The van der Waals surface area contributed by atoms with E-state index in [-0.39, 0.29) is 24.8 Å². The molecule has 0 radical (unpaired) electrons. The van der Waals surface area contributed by atoms with Crippen LogP contribution in [0.3, 0.4) is 0 Å². The molecule has 138 valence electrons. The highest BCUT2D eigenvalue weighted by Gasteiger charge is 2.15. The number of aryl methyl sites for hydroxylation is 2. The number of alkyl halides is 1. The monoisotopic (exact) mass is 377 g/mol. The third-order valence-corrected chi connectivity index (χ3v) is 4.13. The summed E-state index contributed by atoms with van der Waals surface area (Å²) >= 11 is 5.73. The first-order valence-corrected chi connectivity index (χ1v) is 8.74. The Kier molecular flexibility index (Phi) is 7.09. The average molecular weight is 378 g/mol. The molecule has 0 aliphatic heterocycles. The van der Waals surface area contributed by atoms with Crippen molar-refractivity contribution in [3.05, 3.63) is 57.9 Å². The molecule has 0 aliphatic rings. The van der Waals surface area contributed by atoms with E-state index in [1.54, 1.807) is 12.1 Å². The van der Waals surface area contributed by atoms with E-state index in [4.69, 9.17) is 11.6 Å². The van der Waals surface area contributed by atoms with Crippen molar-refractivity contribution in [2.45, 2.75) is 26.7 Å². The molecule has 1 aromatic carbocycles. The molecule has 2 amide bonds. The molecular formula is C19H21ClFN3O2. The lowest BCUT2D eigenvalue weighted by molar-refractivity contribution is 0.0950. The zero-order valence-electron chi connectivity index (χ0n) is 14.7. The van der Waals surface area contributed by atoms with E-state index < -0.39 is 6.67 Å². The molecular weight excluding hydrogens is 357 g/mol. The molecule has 2 N–H and O–H groups in total. The van der Waals surface area contributed by atoms with Gasteiger partial charge in [-0.05, 0) is 49.1 Å². The van der Waals surface area contributed by atoms with Gasteiger partial charge in [-0.15, -0.1) is 0 Å². The number of carbonyl (C=O) groups excluding carboxylic acids is 2. The summed E-state index contributed by atoms with van der Waals surface area (Å²) < 4.78 is 12.2. The molecule has 2 rings (SSSR count). The van der Waals surface area contributed by atoms with Crippen LogP contribution in [0.25, 0.3) is 0 Å². The van der Waals surface area contributed by atoms with E-state index in [2.05, 4.69) is 15.6 Å². The van der Waals surface area contributed by atoms with Gasteiger partial charge in [-0.3, -0.25) is 14.0 Å². The van der Waals surface area contributed by atoms with Gasteiger partial charge < -0.3 is 10.6 Å². The molecule has 2 aromatic rings. The summed E-state index contributed by atoms with van der Waals surface area (Å²) in [5, 5.41) is 5.80. The molecule has 0 saturated carbocycles. The minimum absolute atomic E-state index is 0.268. The number of hydrogen-bond donors (Lipinski definition) is 2. The number of amides is 2. The predicted octanol–water partition coefficient (Wildman–Crippen LogP) is 3.95. The molecule has 0 atom stereocenters. The van der Waals surface area contributed by atoms with Gasteiger partial charge >= 0.3 is 0 Å². The Hall–Kier alpha value is -2.47. The molecule has 26 heavy (non-hydrogen) atoms. The Labute approximate surface area is 157 Å². The van der Waals surface area contributed by atoms with Gasteiger partial charge in [0.05, 0.1) is 12.2 Å². The van der Waals surface area contributed by atoms with Gasteiger partial charge in [-0.1, -0.05) is 24.6 Å². The predicted molar refractivity (Wildman–Crippen MR) is 101 cm³/mol. The Morgan fingerprint density at radius 1 is 1.23 bits per heavy atom. The summed E-state index contributed by atoms with van der Waals surface area (Å²) in [6, 6.07) is 6.64. The number of aromatic nitrogens is 1. The molecule has 5 nitrogen and oxygen atoms in total. The fraction of sp³-hybridized carbons (Fsp3) is 0.316. The summed E-state index contributed by atoms with van der Waals surface area (Å²) in [6.45, 7) is 3.60. The molecule has 1 aromatic heterocycles. The van der Waals surface area contributed by atoms with Crippen molar-refractivity contribution < 1.29 is 14.0 Å². The van der Waals surface area contributed by atoms with E-state index in [0.717, 1.165) is 11.1 Å². The Bertz CT molecular complexity index is 794. The smallest absolute Gasteiger partial charge is 0.257 e. The second kappa shape index (κ2) is 9.29. The van der Waals surface area contributed by atoms with Crippen LogP contribution in [0.4, 0.5) is 10.1 Å². The number of nitrogens with zero attached hydrogens (tertiary/aromatic N) is 1. The summed E-state index contributed by atoms with van der Waals surface area (Å²) in [5.41, 5.74) is 3.09. The van der Waals surface area contributed by atoms with Crippen molar-refractivity contribution in [2.75, 3.05) is 18.5 Å². The molecule has 0 aliphatic carbocycles. The van der Waals surface area contributed by atoms with Crippen molar-refractivity contribution in [2.24, 2.45) is 0 Å². The number of carbonyl (C=O) groups is 2. The summed E-state index contributed by atoms with van der Waals surface area (Å²) in [5.74, 6) is -0.621.